The Balaban J connectivity index is 2.27. The molecule has 1 aromatic carbocycles. The van der Waals surface area contributed by atoms with Crippen LogP contribution in [0.1, 0.15) is 42.5 Å². The molecule has 1 amide bonds. The summed E-state index contributed by atoms with van der Waals surface area (Å²) in [7, 11) is 1.75. The van der Waals surface area contributed by atoms with Crippen LogP contribution in [-0.2, 0) is 0 Å². The van der Waals surface area contributed by atoms with Crippen LogP contribution in [0.3, 0.4) is 0 Å². The molecular formula is C14H20N4O3. The fraction of sp³-hybridized carbons (Fsp3) is 0.500. The van der Waals surface area contributed by atoms with Crippen molar-refractivity contribution in [2.45, 2.75) is 38.1 Å². The van der Waals surface area contributed by atoms with Crippen LogP contribution in [0.2, 0.25) is 0 Å². The van der Waals surface area contributed by atoms with E-state index in [1.807, 2.05) is 0 Å². The summed E-state index contributed by atoms with van der Waals surface area (Å²) in [5.41, 5.74) is 2.95. The van der Waals surface area contributed by atoms with E-state index in [-0.39, 0.29) is 23.2 Å². The topological polar surface area (TPSA) is 102 Å². The number of amides is 1. The van der Waals surface area contributed by atoms with Crippen molar-refractivity contribution in [2.24, 2.45) is 5.84 Å². The zero-order chi connectivity index (χ0) is 15.4. The van der Waals surface area contributed by atoms with Crippen LogP contribution in [0.15, 0.2) is 18.2 Å². The number of nitro groups is 1. The van der Waals surface area contributed by atoms with E-state index in [1.165, 1.54) is 24.6 Å². The summed E-state index contributed by atoms with van der Waals surface area (Å²) in [4.78, 5) is 24.6. The molecule has 21 heavy (non-hydrogen) atoms. The Bertz CT molecular complexity index is 541. The van der Waals surface area contributed by atoms with Crippen LogP contribution in [0.25, 0.3) is 0 Å². The van der Waals surface area contributed by atoms with Crippen LogP contribution in [0, 0.1) is 10.1 Å². The highest BCUT2D eigenvalue weighted by Crippen LogP contribution is 2.26. The van der Waals surface area contributed by atoms with E-state index in [4.69, 9.17) is 5.84 Å². The van der Waals surface area contributed by atoms with Crippen LogP contribution in [0.4, 0.5) is 11.4 Å². The molecule has 1 saturated carbocycles. The predicted octanol–water partition coefficient (Wildman–Crippen LogP) is 2.29. The predicted molar refractivity (Wildman–Crippen MR) is 79.9 cm³/mol. The molecule has 1 aliphatic carbocycles. The van der Waals surface area contributed by atoms with Gasteiger partial charge in [-0.2, -0.15) is 0 Å². The van der Waals surface area contributed by atoms with Gasteiger partial charge in [-0.15, -0.1) is 0 Å². The molecule has 1 fully saturated rings. The summed E-state index contributed by atoms with van der Waals surface area (Å²) in [6.07, 6.45) is 5.37. The van der Waals surface area contributed by atoms with Crippen molar-refractivity contribution in [3.8, 4) is 0 Å². The summed E-state index contributed by atoms with van der Waals surface area (Å²) in [6, 6.07) is 4.25. The van der Waals surface area contributed by atoms with Gasteiger partial charge in [0.05, 0.1) is 16.2 Å². The minimum absolute atomic E-state index is 0.116. The third-order valence-electron chi connectivity index (χ3n) is 4.04. The minimum Gasteiger partial charge on any atom is -0.339 e. The van der Waals surface area contributed by atoms with Gasteiger partial charge in [-0.1, -0.05) is 19.3 Å². The average Bonchev–Trinajstić information content (AvgIpc) is 2.53. The van der Waals surface area contributed by atoms with E-state index in [0.29, 0.717) is 5.69 Å². The lowest BCUT2D eigenvalue weighted by molar-refractivity contribution is -0.384. The number of hydrogen-bond donors (Lipinski definition) is 2. The maximum absolute atomic E-state index is 12.6. The zero-order valence-electron chi connectivity index (χ0n) is 12.0. The number of carbonyl (C=O) groups excluding carboxylic acids is 1. The highest BCUT2D eigenvalue weighted by molar-refractivity contribution is 6.00. The van der Waals surface area contributed by atoms with Gasteiger partial charge in [-0.05, 0) is 18.9 Å². The van der Waals surface area contributed by atoms with Crippen LogP contribution in [0.5, 0.6) is 0 Å². The van der Waals surface area contributed by atoms with Gasteiger partial charge in [0.2, 0.25) is 0 Å². The molecule has 0 bridgehead atoms. The van der Waals surface area contributed by atoms with E-state index in [0.717, 1.165) is 25.7 Å². The van der Waals surface area contributed by atoms with Crippen molar-refractivity contribution in [3.05, 3.63) is 33.9 Å². The van der Waals surface area contributed by atoms with Crippen molar-refractivity contribution >= 4 is 17.3 Å². The molecule has 3 N–H and O–H groups in total. The average molecular weight is 292 g/mol. The molecule has 0 saturated heterocycles. The Hall–Kier alpha value is -2.15. The molecule has 0 radical (unpaired) electrons. The van der Waals surface area contributed by atoms with Gasteiger partial charge in [0.25, 0.3) is 11.6 Å². The number of hydrazine groups is 1. The second-order valence-corrected chi connectivity index (χ2v) is 5.34. The van der Waals surface area contributed by atoms with Crippen LogP contribution < -0.4 is 11.3 Å². The van der Waals surface area contributed by atoms with Crippen molar-refractivity contribution in [2.75, 3.05) is 12.5 Å². The van der Waals surface area contributed by atoms with Crippen molar-refractivity contribution < 1.29 is 9.72 Å². The van der Waals surface area contributed by atoms with Gasteiger partial charge >= 0.3 is 0 Å². The summed E-state index contributed by atoms with van der Waals surface area (Å²) in [5.74, 6) is 5.17. The van der Waals surface area contributed by atoms with Gasteiger partial charge in [-0.25, -0.2) is 0 Å². The summed E-state index contributed by atoms with van der Waals surface area (Å²) < 4.78 is 0. The number of nitro benzene ring substituents is 1. The lowest BCUT2D eigenvalue weighted by atomic mass is 9.94. The maximum Gasteiger partial charge on any atom is 0.270 e. The molecule has 0 aromatic heterocycles. The first kappa shape index (κ1) is 15.2. The standard InChI is InChI=1S/C14H20N4O3/c1-17(10-5-3-2-4-6-10)14(19)12-9-11(18(20)21)7-8-13(12)16-15/h7-10,16H,2-6,15H2,1H3. The number of anilines is 1. The third-order valence-corrected chi connectivity index (χ3v) is 4.04. The Labute approximate surface area is 123 Å². The van der Waals surface area contributed by atoms with Crippen molar-refractivity contribution in [1.29, 1.82) is 0 Å². The first-order valence-corrected chi connectivity index (χ1v) is 7.07. The first-order valence-electron chi connectivity index (χ1n) is 7.07. The van der Waals surface area contributed by atoms with Gasteiger partial charge in [-0.3, -0.25) is 20.8 Å². The highest BCUT2D eigenvalue weighted by Gasteiger charge is 2.25. The second kappa shape index (κ2) is 6.53. The molecule has 1 aliphatic rings. The molecule has 0 aliphatic heterocycles. The summed E-state index contributed by atoms with van der Waals surface area (Å²) in [5, 5.41) is 10.9. The fourth-order valence-corrected chi connectivity index (χ4v) is 2.77. The number of nitrogen functional groups attached to an aromatic ring is 1. The number of rotatable bonds is 4. The zero-order valence-corrected chi connectivity index (χ0v) is 12.0. The van der Waals surface area contributed by atoms with E-state index in [2.05, 4.69) is 5.43 Å². The Morgan fingerprint density at radius 3 is 2.62 bits per heavy atom. The molecule has 0 unspecified atom stereocenters. The number of carbonyl (C=O) groups is 1. The molecular weight excluding hydrogens is 272 g/mol. The fourth-order valence-electron chi connectivity index (χ4n) is 2.77. The van der Waals surface area contributed by atoms with E-state index >= 15 is 0 Å². The number of nitrogens with two attached hydrogens (primary N) is 1. The lowest BCUT2D eigenvalue weighted by Gasteiger charge is -2.31. The molecule has 7 heteroatoms. The second-order valence-electron chi connectivity index (χ2n) is 5.34. The first-order chi connectivity index (χ1) is 10.0. The Morgan fingerprint density at radius 2 is 2.05 bits per heavy atom. The monoisotopic (exact) mass is 292 g/mol. The SMILES string of the molecule is CN(C(=O)c1cc([N+](=O)[O-])ccc1NN)C1CCCCC1. The van der Waals surface area contributed by atoms with Gasteiger partial charge in [0.15, 0.2) is 0 Å². The number of nitrogens with zero attached hydrogens (tertiary/aromatic N) is 2. The highest BCUT2D eigenvalue weighted by atomic mass is 16.6. The molecule has 0 heterocycles. The molecule has 1 aromatic rings. The number of benzene rings is 1. The largest absolute Gasteiger partial charge is 0.339 e. The molecule has 0 spiro atoms. The van der Waals surface area contributed by atoms with Crippen LogP contribution in [-0.4, -0.2) is 28.8 Å². The van der Waals surface area contributed by atoms with Gasteiger partial charge < -0.3 is 10.3 Å². The van der Waals surface area contributed by atoms with Gasteiger partial charge in [0.1, 0.15) is 0 Å². The molecule has 2 rings (SSSR count). The van der Waals surface area contributed by atoms with Crippen molar-refractivity contribution in [1.82, 2.24) is 4.90 Å². The Kier molecular flexibility index (Phi) is 4.74. The molecule has 7 nitrogen and oxygen atoms in total. The lowest BCUT2D eigenvalue weighted by Crippen LogP contribution is -2.38. The maximum atomic E-state index is 12.6. The van der Waals surface area contributed by atoms with E-state index in [1.54, 1.807) is 11.9 Å². The number of nitrogens with one attached hydrogen (secondary N) is 1. The smallest absolute Gasteiger partial charge is 0.270 e. The van der Waals surface area contributed by atoms with Crippen LogP contribution >= 0.6 is 0 Å². The van der Waals surface area contributed by atoms with E-state index < -0.39 is 4.92 Å². The van der Waals surface area contributed by atoms with Crippen molar-refractivity contribution in [3.63, 3.8) is 0 Å². The molecule has 114 valence electrons. The summed E-state index contributed by atoms with van der Waals surface area (Å²) >= 11 is 0. The number of hydrogen-bond acceptors (Lipinski definition) is 5. The minimum atomic E-state index is -0.516. The number of non-ortho nitro benzene ring substituents is 1. The molecule has 0 atom stereocenters. The van der Waals surface area contributed by atoms with E-state index in [9.17, 15) is 14.9 Å². The third kappa shape index (κ3) is 3.30. The van der Waals surface area contributed by atoms with Gasteiger partial charge in [0, 0.05) is 25.2 Å². The summed E-state index contributed by atoms with van der Waals surface area (Å²) in [6.45, 7) is 0. The quantitative estimate of drug-likeness (QED) is 0.503. The normalized spacial score (nSPS) is 15.5. The Morgan fingerprint density at radius 1 is 1.38 bits per heavy atom.